The maximum atomic E-state index is 11.7. The molecule has 1 saturated heterocycles. The Morgan fingerprint density at radius 2 is 1.59 bits per heavy atom. The molecular formula is C12H18O12P3+. The molecule has 2 rings (SSSR count). The van der Waals surface area contributed by atoms with Crippen LogP contribution < -0.4 is 9.47 Å². The Balaban J connectivity index is 2.23. The maximum absolute atomic E-state index is 11.7. The largest absolute Gasteiger partial charge is 0.497 e. The predicted octanol–water partition coefficient (Wildman–Crippen LogP) is 0.104. The smallest absolute Gasteiger partial charge is 0.496 e. The highest BCUT2D eigenvalue weighted by Gasteiger charge is 2.66. The van der Waals surface area contributed by atoms with Gasteiger partial charge in [0.2, 0.25) is 0 Å². The van der Waals surface area contributed by atoms with E-state index in [1.807, 2.05) is 0 Å². The van der Waals surface area contributed by atoms with Crippen molar-refractivity contribution in [2.24, 2.45) is 0 Å². The number of rotatable bonds is 6. The Morgan fingerprint density at radius 3 is 2.07 bits per heavy atom. The summed E-state index contributed by atoms with van der Waals surface area (Å²) in [5, 5.41) is 19.9. The molecule has 0 saturated carbocycles. The second kappa shape index (κ2) is 7.77. The van der Waals surface area contributed by atoms with E-state index in [4.69, 9.17) is 24.0 Å². The lowest BCUT2D eigenvalue weighted by Gasteiger charge is -2.17. The molecule has 1 aliphatic heterocycles. The summed E-state index contributed by atoms with van der Waals surface area (Å²) in [5.41, 5.74) is 0. The van der Waals surface area contributed by atoms with Crippen LogP contribution in [-0.4, -0.2) is 60.3 Å². The molecule has 1 heterocycles. The monoisotopic (exact) mass is 447 g/mol. The molecule has 0 bridgehead atoms. The molecular weight excluding hydrogens is 429 g/mol. The molecule has 0 aliphatic carbocycles. The van der Waals surface area contributed by atoms with E-state index in [0.717, 1.165) is 0 Å². The second-order valence-electron chi connectivity index (χ2n) is 5.39. The maximum Gasteiger partial charge on any atom is 0.496 e. The lowest BCUT2D eigenvalue weighted by molar-refractivity contribution is -0.0854. The predicted molar refractivity (Wildman–Crippen MR) is 91.8 cm³/mol. The molecule has 15 heteroatoms. The first kappa shape index (κ1) is 22.3. The van der Waals surface area contributed by atoms with E-state index in [-0.39, 0.29) is 11.6 Å². The molecule has 1 aromatic rings. The van der Waals surface area contributed by atoms with E-state index in [9.17, 15) is 34.0 Å². The van der Waals surface area contributed by atoms with Gasteiger partial charge in [-0.2, -0.15) is 0 Å². The quantitative estimate of drug-likeness (QED) is 0.290. The minimum Gasteiger partial charge on any atom is -0.497 e. The summed E-state index contributed by atoms with van der Waals surface area (Å²) in [6.45, 7) is -5.79. The number of aliphatic hydroxyl groups is 2. The molecule has 1 aliphatic rings. The van der Waals surface area contributed by atoms with Crippen molar-refractivity contribution in [2.75, 3.05) is 7.11 Å². The van der Waals surface area contributed by atoms with Crippen molar-refractivity contribution in [3.8, 4) is 11.5 Å². The lowest BCUT2D eigenvalue weighted by Crippen LogP contribution is -2.33. The van der Waals surface area contributed by atoms with Crippen molar-refractivity contribution in [2.45, 2.75) is 18.5 Å². The first-order valence-electron chi connectivity index (χ1n) is 7.10. The minimum atomic E-state index is -5.79. The Morgan fingerprint density at radius 1 is 1.07 bits per heavy atom. The van der Waals surface area contributed by atoms with E-state index in [1.54, 1.807) is 0 Å². The number of hydrogen-bond acceptors (Lipinski definition) is 9. The third-order valence-corrected chi connectivity index (χ3v) is 14.7. The molecule has 1 unspecified atom stereocenters. The fourth-order valence-corrected chi connectivity index (χ4v) is 8.42. The van der Waals surface area contributed by atoms with Gasteiger partial charge in [0, 0.05) is 0 Å². The zero-order valence-corrected chi connectivity index (χ0v) is 16.3. The zero-order chi connectivity index (χ0) is 20.6. The van der Waals surface area contributed by atoms with Crippen molar-refractivity contribution in [3.63, 3.8) is 0 Å². The number of methoxy groups -OCH3 is 1. The van der Waals surface area contributed by atoms with Crippen LogP contribution in [-0.2, 0) is 13.9 Å². The van der Waals surface area contributed by atoms with E-state index in [2.05, 4.69) is 0 Å². The summed E-state index contributed by atoms with van der Waals surface area (Å²) in [5.74, 6) is 0.0626. The standard InChI is InChI=1S/C12H17O12P3/c1-22-7-2-4-8(5-3-7)23-12-11(14)10(13)9(24-12)6-25(15,16)27(20,21)26(17,18)19/h2-6,10-16H,1H3,(H2-,17,18,19,20,21)/p+1/b9-6+/t10-,11-,12-/m1/s1. The average molecular weight is 447 g/mol. The Labute approximate surface area is 153 Å². The van der Waals surface area contributed by atoms with Gasteiger partial charge in [-0.15, -0.1) is 0 Å². The van der Waals surface area contributed by atoms with Gasteiger partial charge in [-0.05, 0) is 24.3 Å². The molecule has 27 heavy (non-hydrogen) atoms. The average Bonchev–Trinajstić information content (AvgIpc) is 2.82. The van der Waals surface area contributed by atoms with Crippen molar-refractivity contribution < 1.29 is 58.0 Å². The Hall–Kier alpha value is -1.03. The van der Waals surface area contributed by atoms with Crippen LogP contribution in [0.3, 0.4) is 0 Å². The third-order valence-electron chi connectivity index (χ3n) is 3.48. The molecule has 0 amide bonds. The summed E-state index contributed by atoms with van der Waals surface area (Å²) >= 11 is 0. The highest BCUT2D eigenvalue weighted by molar-refractivity contribution is 8.63. The molecule has 0 aromatic heterocycles. The topological polar surface area (TPSA) is 203 Å². The van der Waals surface area contributed by atoms with Gasteiger partial charge < -0.3 is 39.1 Å². The lowest BCUT2D eigenvalue weighted by atomic mass is 10.2. The van der Waals surface area contributed by atoms with Crippen molar-refractivity contribution in [3.05, 3.63) is 35.8 Å². The van der Waals surface area contributed by atoms with E-state index in [0.29, 0.717) is 5.75 Å². The van der Waals surface area contributed by atoms with Crippen molar-refractivity contribution in [1.29, 1.82) is 0 Å². The second-order valence-corrected chi connectivity index (χ2v) is 16.5. The van der Waals surface area contributed by atoms with Crippen LogP contribution in [0.1, 0.15) is 0 Å². The molecule has 1 aromatic carbocycles. The first-order chi connectivity index (χ1) is 12.3. The number of benzene rings is 1. The fraction of sp³-hybridized carbons (Fsp3) is 0.333. The normalized spacial score (nSPS) is 27.1. The van der Waals surface area contributed by atoms with Gasteiger partial charge >= 0.3 is 21.4 Å². The zero-order valence-electron chi connectivity index (χ0n) is 13.6. The fourth-order valence-electron chi connectivity index (χ4n) is 2.00. The Bertz CT molecular complexity index is 800. The summed E-state index contributed by atoms with van der Waals surface area (Å²) in [6.07, 6.45) is -5.16. The van der Waals surface area contributed by atoms with Crippen molar-refractivity contribution in [1.82, 2.24) is 0 Å². The molecule has 12 nitrogen and oxygen atoms in total. The van der Waals surface area contributed by atoms with Gasteiger partial charge in [0.25, 0.3) is 6.29 Å². The van der Waals surface area contributed by atoms with Crippen LogP contribution in [0.2, 0.25) is 0 Å². The molecule has 7 N–H and O–H groups in total. The summed E-state index contributed by atoms with van der Waals surface area (Å²) in [4.78, 5) is 46.6. The van der Waals surface area contributed by atoms with Crippen LogP contribution in [0.15, 0.2) is 35.8 Å². The summed E-state index contributed by atoms with van der Waals surface area (Å²) in [6, 6.07) is 5.97. The molecule has 152 valence electrons. The minimum absolute atomic E-state index is 0.137. The summed E-state index contributed by atoms with van der Waals surface area (Å²) in [7, 11) is -9.62. The van der Waals surface area contributed by atoms with Gasteiger partial charge in [-0.3, -0.25) is 0 Å². The van der Waals surface area contributed by atoms with Gasteiger partial charge in [0.1, 0.15) is 17.6 Å². The van der Waals surface area contributed by atoms with Crippen molar-refractivity contribution >= 4 is 21.4 Å². The summed E-state index contributed by atoms with van der Waals surface area (Å²) < 4.78 is 38.0. The number of ether oxygens (including phenoxy) is 3. The SMILES string of the molecule is COc1ccc(O[C@@H]2O/C(=C/[P+](O)(O)P(=O)(O)P(=O)(O)O)[C@@H](O)[C@H]2O)cc1. The van der Waals surface area contributed by atoms with E-state index in [1.165, 1.54) is 31.4 Å². The number of hydrogen-bond donors (Lipinski definition) is 7. The van der Waals surface area contributed by atoms with Gasteiger partial charge in [-0.1, -0.05) is 0 Å². The van der Waals surface area contributed by atoms with Crippen LogP contribution >= 0.6 is 21.4 Å². The van der Waals surface area contributed by atoms with Crippen LogP contribution in [0.4, 0.5) is 0 Å². The molecule has 4 atom stereocenters. The van der Waals surface area contributed by atoms with Crippen LogP contribution in [0, 0.1) is 0 Å². The van der Waals surface area contributed by atoms with Gasteiger partial charge in [0.05, 0.1) is 7.11 Å². The van der Waals surface area contributed by atoms with Crippen LogP contribution in [0.25, 0.3) is 0 Å². The highest BCUT2D eigenvalue weighted by Crippen LogP contribution is 2.98. The first-order valence-corrected chi connectivity index (χ1v) is 13.5. The highest BCUT2D eigenvalue weighted by atomic mass is 32.5. The van der Waals surface area contributed by atoms with Gasteiger partial charge in [0.15, 0.2) is 17.7 Å². The van der Waals surface area contributed by atoms with E-state index >= 15 is 0 Å². The van der Waals surface area contributed by atoms with Gasteiger partial charge in [-0.25, -0.2) is 18.9 Å². The third kappa shape index (κ3) is 4.52. The number of aliphatic hydroxyl groups excluding tert-OH is 2. The molecule has 0 radical (unpaired) electrons. The Kier molecular flexibility index (Phi) is 6.41. The van der Waals surface area contributed by atoms with Crippen LogP contribution in [0.5, 0.6) is 11.5 Å². The molecule has 1 fully saturated rings. The molecule has 0 spiro atoms. The van der Waals surface area contributed by atoms with E-state index < -0.39 is 45.7 Å².